The van der Waals surface area contributed by atoms with E-state index < -0.39 is 0 Å². The maximum atomic E-state index is 11.6. The molecule has 90 valence electrons. The Morgan fingerprint density at radius 1 is 1.29 bits per heavy atom. The SMILES string of the molecule is CCCCCc1ccsc1C1=CC(=O)NC1=O. The van der Waals surface area contributed by atoms with Crippen molar-refractivity contribution >= 4 is 28.7 Å². The fourth-order valence-electron chi connectivity index (χ4n) is 1.91. The number of nitrogens with one attached hydrogen (secondary N) is 1. The summed E-state index contributed by atoms with van der Waals surface area (Å²) in [5.74, 6) is -0.577. The summed E-state index contributed by atoms with van der Waals surface area (Å²) in [7, 11) is 0. The number of amides is 2. The average molecular weight is 249 g/mol. The smallest absolute Gasteiger partial charge is 0.259 e. The Labute approximate surface area is 105 Å². The van der Waals surface area contributed by atoms with E-state index in [0.717, 1.165) is 17.7 Å². The predicted molar refractivity (Wildman–Crippen MR) is 68.7 cm³/mol. The minimum absolute atomic E-state index is 0.269. The van der Waals surface area contributed by atoms with Gasteiger partial charge in [0.15, 0.2) is 0 Å². The minimum Gasteiger partial charge on any atom is -0.289 e. The quantitative estimate of drug-likeness (QED) is 0.644. The molecular weight excluding hydrogens is 234 g/mol. The second kappa shape index (κ2) is 5.27. The van der Waals surface area contributed by atoms with Crippen LogP contribution >= 0.6 is 11.3 Å². The van der Waals surface area contributed by atoms with Crippen LogP contribution in [0.1, 0.15) is 36.6 Å². The highest BCUT2D eigenvalue weighted by molar-refractivity contribution is 7.11. The molecule has 0 radical (unpaired) electrons. The van der Waals surface area contributed by atoms with Crippen LogP contribution in [0, 0.1) is 0 Å². The van der Waals surface area contributed by atoms with Crippen molar-refractivity contribution in [3.8, 4) is 0 Å². The lowest BCUT2D eigenvalue weighted by Gasteiger charge is -2.02. The third kappa shape index (κ3) is 2.64. The maximum absolute atomic E-state index is 11.6. The van der Waals surface area contributed by atoms with Gasteiger partial charge in [-0.15, -0.1) is 11.3 Å². The molecule has 4 heteroatoms. The molecule has 1 N–H and O–H groups in total. The minimum atomic E-state index is -0.307. The first-order valence-electron chi connectivity index (χ1n) is 5.86. The Kier molecular flexibility index (Phi) is 3.74. The molecule has 1 aromatic rings. The van der Waals surface area contributed by atoms with Gasteiger partial charge < -0.3 is 0 Å². The fraction of sp³-hybridized carbons (Fsp3) is 0.385. The van der Waals surface area contributed by atoms with Crippen LogP contribution in [0.5, 0.6) is 0 Å². The molecule has 3 nitrogen and oxygen atoms in total. The second-order valence-electron chi connectivity index (χ2n) is 4.11. The summed E-state index contributed by atoms with van der Waals surface area (Å²) in [6.45, 7) is 2.17. The summed E-state index contributed by atoms with van der Waals surface area (Å²) in [4.78, 5) is 23.6. The number of hydrogen-bond donors (Lipinski definition) is 1. The summed E-state index contributed by atoms with van der Waals surface area (Å²) < 4.78 is 0. The molecule has 0 saturated carbocycles. The van der Waals surface area contributed by atoms with Gasteiger partial charge in [-0.1, -0.05) is 19.8 Å². The molecule has 1 aliphatic heterocycles. The Morgan fingerprint density at radius 2 is 2.12 bits per heavy atom. The Hall–Kier alpha value is -1.42. The van der Waals surface area contributed by atoms with Crippen LogP contribution in [0.15, 0.2) is 17.5 Å². The number of aryl methyl sites for hydroxylation is 1. The van der Waals surface area contributed by atoms with E-state index in [1.54, 1.807) is 0 Å². The average Bonchev–Trinajstić information content (AvgIpc) is 2.85. The van der Waals surface area contributed by atoms with E-state index in [0.29, 0.717) is 5.57 Å². The summed E-state index contributed by atoms with van der Waals surface area (Å²) in [6.07, 6.45) is 5.88. The summed E-state index contributed by atoms with van der Waals surface area (Å²) in [6, 6.07) is 2.05. The van der Waals surface area contributed by atoms with Crippen LogP contribution in [0.4, 0.5) is 0 Å². The van der Waals surface area contributed by atoms with E-state index in [9.17, 15) is 9.59 Å². The van der Waals surface area contributed by atoms with Crippen LogP contribution in [0.2, 0.25) is 0 Å². The highest BCUT2D eigenvalue weighted by Gasteiger charge is 2.24. The fourth-order valence-corrected chi connectivity index (χ4v) is 2.88. The summed E-state index contributed by atoms with van der Waals surface area (Å²) in [5, 5.41) is 4.27. The van der Waals surface area contributed by atoms with Gasteiger partial charge in [-0.25, -0.2) is 0 Å². The van der Waals surface area contributed by atoms with Gasteiger partial charge in [-0.05, 0) is 29.9 Å². The van der Waals surface area contributed by atoms with Crippen molar-refractivity contribution in [1.82, 2.24) is 5.32 Å². The molecule has 1 aliphatic rings. The molecular formula is C13H15NO2S. The normalized spacial score (nSPS) is 15.0. The standard InChI is InChI=1S/C13H15NO2S/c1-2-3-4-5-9-6-7-17-12(9)10-8-11(15)14-13(10)16/h6-8H,2-5H2,1H3,(H,14,15,16). The topological polar surface area (TPSA) is 46.2 Å². The first-order chi connectivity index (χ1) is 8.22. The molecule has 0 spiro atoms. The Balaban J connectivity index is 2.16. The van der Waals surface area contributed by atoms with E-state index in [1.807, 2.05) is 11.4 Å². The van der Waals surface area contributed by atoms with Crippen LogP contribution in [0.3, 0.4) is 0 Å². The van der Waals surface area contributed by atoms with E-state index in [-0.39, 0.29) is 11.8 Å². The van der Waals surface area contributed by atoms with Gasteiger partial charge in [-0.3, -0.25) is 14.9 Å². The predicted octanol–water partition coefficient (Wildman–Crippen LogP) is 2.52. The van der Waals surface area contributed by atoms with Crippen molar-refractivity contribution in [2.24, 2.45) is 0 Å². The van der Waals surface area contributed by atoms with Crippen molar-refractivity contribution in [2.45, 2.75) is 32.6 Å². The van der Waals surface area contributed by atoms with Crippen LogP contribution in [-0.2, 0) is 16.0 Å². The molecule has 0 unspecified atom stereocenters. The molecule has 0 fully saturated rings. The first-order valence-corrected chi connectivity index (χ1v) is 6.74. The van der Waals surface area contributed by atoms with Gasteiger partial charge in [0.05, 0.1) is 5.57 Å². The van der Waals surface area contributed by atoms with Crippen LogP contribution < -0.4 is 5.32 Å². The monoisotopic (exact) mass is 249 g/mol. The molecule has 17 heavy (non-hydrogen) atoms. The summed E-state index contributed by atoms with van der Waals surface area (Å²) in [5.41, 5.74) is 1.70. The molecule has 2 amide bonds. The molecule has 0 aliphatic carbocycles. The lowest BCUT2D eigenvalue weighted by molar-refractivity contribution is -0.123. The van der Waals surface area contributed by atoms with E-state index in [2.05, 4.69) is 12.2 Å². The number of thiophene rings is 1. The van der Waals surface area contributed by atoms with Gasteiger partial charge in [0.1, 0.15) is 0 Å². The third-order valence-corrected chi connectivity index (χ3v) is 3.79. The van der Waals surface area contributed by atoms with Gasteiger partial charge in [0.2, 0.25) is 0 Å². The van der Waals surface area contributed by atoms with Gasteiger partial charge in [0, 0.05) is 11.0 Å². The lowest BCUT2D eigenvalue weighted by Crippen LogP contribution is -2.21. The number of hydrogen-bond acceptors (Lipinski definition) is 3. The van der Waals surface area contributed by atoms with Crippen molar-refractivity contribution in [1.29, 1.82) is 0 Å². The van der Waals surface area contributed by atoms with E-state index in [4.69, 9.17) is 0 Å². The van der Waals surface area contributed by atoms with E-state index >= 15 is 0 Å². The first kappa shape index (κ1) is 12.0. The number of carbonyl (C=O) groups is 2. The molecule has 0 aromatic carbocycles. The zero-order valence-corrected chi connectivity index (χ0v) is 10.6. The third-order valence-electron chi connectivity index (χ3n) is 2.80. The highest BCUT2D eigenvalue weighted by Crippen LogP contribution is 2.28. The molecule has 0 atom stereocenters. The van der Waals surface area contributed by atoms with Gasteiger partial charge >= 0.3 is 0 Å². The largest absolute Gasteiger partial charge is 0.289 e. The number of imide groups is 1. The molecule has 2 rings (SSSR count). The second-order valence-corrected chi connectivity index (χ2v) is 5.02. The van der Waals surface area contributed by atoms with E-state index in [1.165, 1.54) is 35.8 Å². The highest BCUT2D eigenvalue weighted by atomic mass is 32.1. The van der Waals surface area contributed by atoms with Crippen molar-refractivity contribution < 1.29 is 9.59 Å². The van der Waals surface area contributed by atoms with Crippen molar-refractivity contribution in [2.75, 3.05) is 0 Å². The number of rotatable bonds is 5. The zero-order valence-electron chi connectivity index (χ0n) is 9.79. The molecule has 2 heterocycles. The van der Waals surface area contributed by atoms with Crippen LogP contribution in [-0.4, -0.2) is 11.8 Å². The van der Waals surface area contributed by atoms with Gasteiger partial charge in [0.25, 0.3) is 11.8 Å². The Bertz CT molecular complexity index is 474. The van der Waals surface area contributed by atoms with Gasteiger partial charge in [-0.2, -0.15) is 0 Å². The molecule has 0 saturated heterocycles. The van der Waals surface area contributed by atoms with Crippen molar-refractivity contribution in [3.05, 3.63) is 28.0 Å². The number of carbonyl (C=O) groups excluding carboxylic acids is 2. The number of unbranched alkanes of at least 4 members (excludes halogenated alkanes) is 2. The van der Waals surface area contributed by atoms with Crippen molar-refractivity contribution in [3.63, 3.8) is 0 Å². The Morgan fingerprint density at radius 3 is 2.76 bits per heavy atom. The maximum Gasteiger partial charge on any atom is 0.259 e. The lowest BCUT2D eigenvalue weighted by atomic mass is 10.0. The zero-order chi connectivity index (χ0) is 12.3. The molecule has 1 aromatic heterocycles. The summed E-state index contributed by atoms with van der Waals surface area (Å²) >= 11 is 1.53. The molecule has 0 bridgehead atoms. The van der Waals surface area contributed by atoms with Crippen LogP contribution in [0.25, 0.3) is 5.57 Å².